The molecule has 2 aromatic heterocycles. The number of benzene rings is 2. The Morgan fingerprint density at radius 3 is 2.58 bits per heavy atom. The predicted molar refractivity (Wildman–Crippen MR) is 99.7 cm³/mol. The van der Waals surface area contributed by atoms with Gasteiger partial charge in [-0.1, -0.05) is 36.3 Å². The Hall–Kier alpha value is -3.34. The summed E-state index contributed by atoms with van der Waals surface area (Å²) < 4.78 is 13.3. The first-order valence-corrected chi connectivity index (χ1v) is 8.58. The predicted octanol–water partition coefficient (Wildman–Crippen LogP) is 5.19. The van der Waals surface area contributed by atoms with Crippen LogP contribution >= 0.6 is 0 Å². The number of para-hydroxylation sites is 1. The van der Waals surface area contributed by atoms with Crippen molar-refractivity contribution < 1.29 is 9.26 Å². The first-order valence-electron chi connectivity index (χ1n) is 8.58. The van der Waals surface area contributed by atoms with Crippen molar-refractivity contribution >= 4 is 0 Å². The van der Waals surface area contributed by atoms with E-state index in [9.17, 15) is 0 Å². The van der Waals surface area contributed by atoms with Crippen LogP contribution in [0.15, 0.2) is 71.5 Å². The van der Waals surface area contributed by atoms with Gasteiger partial charge in [-0.3, -0.25) is 0 Å². The van der Waals surface area contributed by atoms with Crippen LogP contribution in [0.2, 0.25) is 0 Å². The van der Waals surface area contributed by atoms with Gasteiger partial charge in [-0.15, -0.1) is 0 Å². The van der Waals surface area contributed by atoms with Gasteiger partial charge in [-0.25, -0.2) is 4.98 Å². The highest BCUT2D eigenvalue weighted by molar-refractivity contribution is 5.58. The quantitative estimate of drug-likeness (QED) is 0.499. The zero-order chi connectivity index (χ0) is 17.9. The number of aryl methyl sites for hydroxylation is 1. The molecule has 0 bridgehead atoms. The second kappa shape index (κ2) is 6.88. The molecular formula is C21H19N3O2. The highest BCUT2D eigenvalue weighted by atomic mass is 16.5. The Morgan fingerprint density at radius 2 is 1.81 bits per heavy atom. The van der Waals surface area contributed by atoms with Gasteiger partial charge in [0.1, 0.15) is 35.0 Å². The molecule has 0 aliphatic rings. The Bertz CT molecular complexity index is 1020. The van der Waals surface area contributed by atoms with Crippen molar-refractivity contribution in [1.82, 2.24) is 14.7 Å². The summed E-state index contributed by atoms with van der Waals surface area (Å²) in [6.07, 6.45) is 2.61. The first-order chi connectivity index (χ1) is 12.7. The summed E-state index contributed by atoms with van der Waals surface area (Å²) in [7, 11) is 0. The summed E-state index contributed by atoms with van der Waals surface area (Å²) >= 11 is 0. The Balaban J connectivity index is 1.65. The maximum atomic E-state index is 5.93. The fourth-order valence-electron chi connectivity index (χ4n) is 2.83. The van der Waals surface area contributed by atoms with Gasteiger partial charge in [0.25, 0.3) is 0 Å². The van der Waals surface area contributed by atoms with E-state index in [2.05, 4.69) is 10.1 Å². The normalized spacial score (nSPS) is 10.8. The van der Waals surface area contributed by atoms with Crippen LogP contribution in [-0.2, 0) is 6.42 Å². The van der Waals surface area contributed by atoms with Gasteiger partial charge in [-0.05, 0) is 31.2 Å². The summed E-state index contributed by atoms with van der Waals surface area (Å²) in [5.74, 6) is 2.44. The molecular weight excluding hydrogens is 326 g/mol. The number of nitrogens with zero attached hydrogens (tertiary/aromatic N) is 3. The average Bonchev–Trinajstić information content (AvgIpc) is 3.29. The van der Waals surface area contributed by atoms with Crippen molar-refractivity contribution in [3.8, 4) is 28.6 Å². The molecule has 0 unspecified atom stereocenters. The van der Waals surface area contributed by atoms with E-state index in [1.807, 2.05) is 79.1 Å². The van der Waals surface area contributed by atoms with E-state index in [1.165, 1.54) is 0 Å². The van der Waals surface area contributed by atoms with Gasteiger partial charge in [-0.2, -0.15) is 0 Å². The highest BCUT2D eigenvalue weighted by Gasteiger charge is 2.14. The number of aromatic nitrogens is 3. The summed E-state index contributed by atoms with van der Waals surface area (Å²) in [4.78, 5) is 4.52. The molecule has 0 atom stereocenters. The molecule has 130 valence electrons. The van der Waals surface area contributed by atoms with E-state index >= 15 is 0 Å². The largest absolute Gasteiger partial charge is 0.457 e. The second-order valence-corrected chi connectivity index (χ2v) is 5.99. The maximum absolute atomic E-state index is 5.93. The number of ether oxygens (including phenoxy) is 1. The van der Waals surface area contributed by atoms with Gasteiger partial charge in [0.2, 0.25) is 0 Å². The molecule has 26 heavy (non-hydrogen) atoms. The highest BCUT2D eigenvalue weighted by Crippen LogP contribution is 2.27. The summed E-state index contributed by atoms with van der Waals surface area (Å²) in [6, 6.07) is 19.6. The van der Waals surface area contributed by atoms with E-state index in [-0.39, 0.29) is 0 Å². The van der Waals surface area contributed by atoms with Crippen molar-refractivity contribution in [3.05, 3.63) is 78.4 Å². The number of hydrogen-bond donors (Lipinski definition) is 0. The lowest BCUT2D eigenvalue weighted by molar-refractivity contribution is 0.388. The Kier molecular flexibility index (Phi) is 4.27. The smallest absolute Gasteiger partial charge is 0.137 e. The molecule has 0 N–H and O–H groups in total. The minimum Gasteiger partial charge on any atom is -0.457 e. The lowest BCUT2D eigenvalue weighted by Crippen LogP contribution is -1.96. The Morgan fingerprint density at radius 1 is 1.00 bits per heavy atom. The fourth-order valence-corrected chi connectivity index (χ4v) is 2.83. The third-order valence-corrected chi connectivity index (χ3v) is 4.23. The monoisotopic (exact) mass is 345 g/mol. The molecule has 0 amide bonds. The van der Waals surface area contributed by atoms with E-state index in [0.29, 0.717) is 0 Å². The lowest BCUT2D eigenvalue weighted by atomic mass is 10.2. The molecule has 5 heteroatoms. The van der Waals surface area contributed by atoms with Crippen molar-refractivity contribution in [3.63, 3.8) is 0 Å². The van der Waals surface area contributed by atoms with E-state index in [0.717, 1.165) is 46.4 Å². The van der Waals surface area contributed by atoms with Crippen LogP contribution in [0.3, 0.4) is 0 Å². The molecule has 2 heterocycles. The van der Waals surface area contributed by atoms with E-state index < -0.39 is 0 Å². The van der Waals surface area contributed by atoms with Crippen molar-refractivity contribution in [2.75, 3.05) is 0 Å². The number of imidazole rings is 1. The third-order valence-electron chi connectivity index (χ3n) is 4.23. The topological polar surface area (TPSA) is 53.1 Å². The molecule has 0 radical (unpaired) electrons. The van der Waals surface area contributed by atoms with E-state index in [4.69, 9.17) is 9.26 Å². The molecule has 0 fully saturated rings. The van der Waals surface area contributed by atoms with E-state index in [1.54, 1.807) is 6.33 Å². The molecule has 0 saturated heterocycles. The molecule has 4 aromatic rings. The molecule has 0 spiro atoms. The van der Waals surface area contributed by atoms with Crippen LogP contribution in [0.25, 0.3) is 17.1 Å². The maximum Gasteiger partial charge on any atom is 0.137 e. The Labute approximate surface area is 151 Å². The summed E-state index contributed by atoms with van der Waals surface area (Å²) in [6.45, 7) is 4.06. The molecule has 2 aromatic carbocycles. The second-order valence-electron chi connectivity index (χ2n) is 5.99. The zero-order valence-corrected chi connectivity index (χ0v) is 14.7. The molecule has 0 aliphatic heterocycles. The van der Waals surface area contributed by atoms with Gasteiger partial charge in [0.05, 0.1) is 5.69 Å². The molecule has 0 saturated carbocycles. The van der Waals surface area contributed by atoms with Crippen LogP contribution in [0.4, 0.5) is 0 Å². The molecule has 5 nitrogen and oxygen atoms in total. The standard InChI is InChI=1S/C21H19N3O2/c1-3-17-13-20(23-26-17)21-15(2)24(14-22-21)16-8-7-11-19(12-16)25-18-9-5-4-6-10-18/h4-14H,3H2,1-2H3. The first kappa shape index (κ1) is 16.1. The molecule has 0 aliphatic carbocycles. The van der Waals surface area contributed by atoms with Crippen LogP contribution in [0.1, 0.15) is 18.4 Å². The van der Waals surface area contributed by atoms with Gasteiger partial charge >= 0.3 is 0 Å². The van der Waals surface area contributed by atoms with Crippen molar-refractivity contribution in [1.29, 1.82) is 0 Å². The summed E-state index contributed by atoms with van der Waals surface area (Å²) in [5.41, 5.74) is 3.56. The molecule has 4 rings (SSSR count). The zero-order valence-electron chi connectivity index (χ0n) is 14.7. The SMILES string of the molecule is CCc1cc(-c2ncn(-c3cccc(Oc4ccccc4)c3)c2C)no1. The average molecular weight is 345 g/mol. The van der Waals surface area contributed by atoms with Gasteiger partial charge < -0.3 is 13.8 Å². The minimum absolute atomic E-state index is 0.759. The van der Waals surface area contributed by atoms with Gasteiger partial charge in [0, 0.05) is 24.2 Å². The van der Waals surface area contributed by atoms with Crippen LogP contribution in [0.5, 0.6) is 11.5 Å². The minimum atomic E-state index is 0.759. The van der Waals surface area contributed by atoms with Crippen LogP contribution in [0, 0.1) is 6.92 Å². The van der Waals surface area contributed by atoms with Crippen LogP contribution < -0.4 is 4.74 Å². The lowest BCUT2D eigenvalue weighted by Gasteiger charge is -2.09. The van der Waals surface area contributed by atoms with Gasteiger partial charge in [0.15, 0.2) is 0 Å². The fraction of sp³-hybridized carbons (Fsp3) is 0.143. The number of rotatable bonds is 5. The summed E-state index contributed by atoms with van der Waals surface area (Å²) in [5, 5.41) is 4.12. The number of hydrogen-bond acceptors (Lipinski definition) is 4. The third kappa shape index (κ3) is 3.11. The van der Waals surface area contributed by atoms with Crippen molar-refractivity contribution in [2.24, 2.45) is 0 Å². The van der Waals surface area contributed by atoms with Crippen molar-refractivity contribution in [2.45, 2.75) is 20.3 Å². The van der Waals surface area contributed by atoms with Crippen LogP contribution in [-0.4, -0.2) is 14.7 Å².